The van der Waals surface area contributed by atoms with E-state index < -0.39 is 0 Å². The minimum Gasteiger partial charge on any atom is -0.353 e. The summed E-state index contributed by atoms with van der Waals surface area (Å²) in [6, 6.07) is 18.5. The fourth-order valence-electron chi connectivity index (χ4n) is 3.94. The molecular weight excluding hydrogens is 362 g/mol. The molecule has 1 aliphatic carbocycles. The number of benzene rings is 2. The highest BCUT2D eigenvalue weighted by atomic mass is 16.1. The minimum atomic E-state index is 0.109. The second-order valence-corrected chi connectivity index (χ2v) is 7.41. The lowest BCUT2D eigenvalue weighted by atomic mass is 10.0. The van der Waals surface area contributed by atoms with E-state index in [-0.39, 0.29) is 11.9 Å². The van der Waals surface area contributed by atoms with Crippen molar-refractivity contribution in [1.29, 1.82) is 5.26 Å². The van der Waals surface area contributed by atoms with Crippen LogP contribution in [0.1, 0.15) is 44.2 Å². The van der Waals surface area contributed by atoms with Crippen molar-refractivity contribution in [3.05, 3.63) is 60.4 Å². The van der Waals surface area contributed by atoms with Crippen molar-refractivity contribution in [3.8, 4) is 28.6 Å². The van der Waals surface area contributed by atoms with Crippen molar-refractivity contribution in [2.45, 2.75) is 44.7 Å². The monoisotopic (exact) mass is 385 g/mol. The molecule has 2 atom stereocenters. The number of nitrogens with one attached hydrogen (secondary N) is 1. The van der Waals surface area contributed by atoms with Gasteiger partial charge < -0.3 is 9.88 Å². The van der Waals surface area contributed by atoms with Crippen LogP contribution in [-0.4, -0.2) is 26.7 Å². The van der Waals surface area contributed by atoms with E-state index in [1.165, 1.54) is 0 Å². The molecule has 1 N–H and O–H groups in total. The predicted octanol–water partition coefficient (Wildman–Crippen LogP) is 4.10. The molecule has 0 bridgehead atoms. The maximum absolute atomic E-state index is 11.7. The fourth-order valence-corrected chi connectivity index (χ4v) is 3.94. The van der Waals surface area contributed by atoms with Gasteiger partial charge in [0.2, 0.25) is 5.91 Å². The summed E-state index contributed by atoms with van der Waals surface area (Å²) in [5, 5.41) is 20.5. The first-order valence-corrected chi connectivity index (χ1v) is 9.97. The Morgan fingerprint density at radius 1 is 1.10 bits per heavy atom. The third kappa shape index (κ3) is 4.04. The van der Waals surface area contributed by atoms with Crippen LogP contribution in [0.2, 0.25) is 0 Å². The zero-order valence-corrected chi connectivity index (χ0v) is 16.4. The van der Waals surface area contributed by atoms with E-state index in [0.29, 0.717) is 18.0 Å². The third-order valence-corrected chi connectivity index (χ3v) is 5.55. The molecule has 1 aromatic heterocycles. The molecule has 1 unspecified atom stereocenters. The summed E-state index contributed by atoms with van der Waals surface area (Å²) in [7, 11) is 0. The Hall–Kier alpha value is -3.46. The van der Waals surface area contributed by atoms with Crippen molar-refractivity contribution in [1.82, 2.24) is 20.1 Å². The number of nitriles is 1. The summed E-state index contributed by atoms with van der Waals surface area (Å²) in [5.74, 6) is 0.960. The van der Waals surface area contributed by atoms with Gasteiger partial charge in [-0.3, -0.25) is 4.79 Å². The Labute approximate surface area is 170 Å². The van der Waals surface area contributed by atoms with Crippen molar-refractivity contribution in [2.24, 2.45) is 0 Å². The number of aromatic nitrogens is 3. The van der Waals surface area contributed by atoms with E-state index in [0.717, 1.165) is 41.8 Å². The summed E-state index contributed by atoms with van der Waals surface area (Å²) in [6.07, 6.45) is 5.19. The van der Waals surface area contributed by atoms with Gasteiger partial charge in [-0.2, -0.15) is 5.26 Å². The van der Waals surface area contributed by atoms with E-state index in [1.807, 2.05) is 31.2 Å². The summed E-state index contributed by atoms with van der Waals surface area (Å²) in [5.41, 5.74) is 3.83. The van der Waals surface area contributed by atoms with Gasteiger partial charge in [-0.15, -0.1) is 10.2 Å². The van der Waals surface area contributed by atoms with Gasteiger partial charge in [0.25, 0.3) is 0 Å². The highest BCUT2D eigenvalue weighted by Gasteiger charge is 2.28. The maximum Gasteiger partial charge on any atom is 0.219 e. The maximum atomic E-state index is 11.7. The normalized spacial score (nSPS) is 18.3. The second-order valence-electron chi connectivity index (χ2n) is 7.41. The molecule has 0 aliphatic heterocycles. The SMILES string of the molecule is CCC(=O)N[C@H]1CCC(n2cnnc2-c2ccc(-c3ccc(C#N)cc3)cc2)C1. The first kappa shape index (κ1) is 18.9. The highest BCUT2D eigenvalue weighted by Crippen LogP contribution is 2.33. The second kappa shape index (κ2) is 8.27. The van der Waals surface area contributed by atoms with Gasteiger partial charge in [0.05, 0.1) is 11.6 Å². The Morgan fingerprint density at radius 3 is 2.41 bits per heavy atom. The van der Waals surface area contributed by atoms with Gasteiger partial charge in [0.15, 0.2) is 5.82 Å². The molecular formula is C23H23N5O. The van der Waals surface area contributed by atoms with Gasteiger partial charge >= 0.3 is 0 Å². The molecule has 6 heteroatoms. The third-order valence-electron chi connectivity index (χ3n) is 5.55. The minimum absolute atomic E-state index is 0.109. The van der Waals surface area contributed by atoms with E-state index in [4.69, 9.17) is 5.26 Å². The van der Waals surface area contributed by atoms with Crippen LogP contribution < -0.4 is 5.32 Å². The van der Waals surface area contributed by atoms with Gasteiger partial charge in [0, 0.05) is 24.1 Å². The molecule has 0 saturated heterocycles. The van der Waals surface area contributed by atoms with E-state index in [1.54, 1.807) is 6.33 Å². The average molecular weight is 385 g/mol. The lowest BCUT2D eigenvalue weighted by Gasteiger charge is -2.16. The molecule has 1 amide bonds. The van der Waals surface area contributed by atoms with Crippen LogP contribution in [-0.2, 0) is 4.79 Å². The summed E-state index contributed by atoms with van der Waals surface area (Å²) >= 11 is 0. The molecule has 0 radical (unpaired) electrons. The van der Waals surface area contributed by atoms with Crippen LogP contribution in [0.5, 0.6) is 0 Å². The van der Waals surface area contributed by atoms with Gasteiger partial charge in [-0.25, -0.2) is 0 Å². The van der Waals surface area contributed by atoms with Gasteiger partial charge in [0.1, 0.15) is 6.33 Å². The first-order valence-electron chi connectivity index (χ1n) is 9.97. The molecule has 146 valence electrons. The Bertz CT molecular complexity index is 1030. The molecule has 3 aromatic rings. The number of hydrogen-bond acceptors (Lipinski definition) is 4. The topological polar surface area (TPSA) is 83.6 Å². The molecule has 6 nitrogen and oxygen atoms in total. The standard InChI is InChI=1S/C23H23N5O/c1-2-22(29)26-20-11-12-21(13-20)28-15-25-27-23(28)19-9-7-18(8-10-19)17-5-3-16(14-24)4-6-17/h3-10,15,20-21H,2,11-13H2,1H3,(H,26,29)/t20-,21?/m0/s1. The molecule has 0 spiro atoms. The number of rotatable bonds is 5. The van der Waals surface area contributed by atoms with Crippen LogP contribution in [0, 0.1) is 11.3 Å². The van der Waals surface area contributed by atoms with Gasteiger partial charge in [-0.05, 0) is 42.5 Å². The van der Waals surface area contributed by atoms with Gasteiger partial charge in [-0.1, -0.05) is 43.3 Å². The average Bonchev–Trinajstić information content (AvgIpc) is 3.43. The molecule has 4 rings (SSSR count). The number of hydrogen-bond donors (Lipinski definition) is 1. The molecule has 29 heavy (non-hydrogen) atoms. The lowest BCUT2D eigenvalue weighted by Crippen LogP contribution is -2.32. The summed E-state index contributed by atoms with van der Waals surface area (Å²) in [6.45, 7) is 1.88. The molecule has 2 aromatic carbocycles. The first-order chi connectivity index (χ1) is 14.2. The van der Waals surface area contributed by atoms with Crippen LogP contribution >= 0.6 is 0 Å². The zero-order chi connectivity index (χ0) is 20.2. The van der Waals surface area contributed by atoms with Crippen LogP contribution in [0.3, 0.4) is 0 Å². The number of carbonyl (C=O) groups is 1. The van der Waals surface area contributed by atoms with Crippen molar-refractivity contribution in [3.63, 3.8) is 0 Å². The Morgan fingerprint density at radius 2 is 1.76 bits per heavy atom. The molecule has 1 saturated carbocycles. The number of carbonyl (C=O) groups excluding carboxylic acids is 1. The zero-order valence-electron chi connectivity index (χ0n) is 16.4. The van der Waals surface area contributed by atoms with E-state index >= 15 is 0 Å². The van der Waals surface area contributed by atoms with E-state index in [9.17, 15) is 4.79 Å². The van der Waals surface area contributed by atoms with Crippen LogP contribution in [0.15, 0.2) is 54.9 Å². The fraction of sp³-hybridized carbons (Fsp3) is 0.304. The van der Waals surface area contributed by atoms with Crippen molar-refractivity contribution < 1.29 is 4.79 Å². The quantitative estimate of drug-likeness (QED) is 0.716. The number of nitrogens with zero attached hydrogens (tertiary/aromatic N) is 4. The molecule has 1 heterocycles. The molecule has 1 fully saturated rings. The smallest absolute Gasteiger partial charge is 0.219 e. The van der Waals surface area contributed by atoms with Crippen LogP contribution in [0.25, 0.3) is 22.5 Å². The largest absolute Gasteiger partial charge is 0.353 e. The predicted molar refractivity (Wildman–Crippen MR) is 111 cm³/mol. The summed E-state index contributed by atoms with van der Waals surface area (Å²) in [4.78, 5) is 11.7. The Balaban J connectivity index is 1.51. The summed E-state index contributed by atoms with van der Waals surface area (Å²) < 4.78 is 2.13. The molecule has 1 aliphatic rings. The lowest BCUT2D eigenvalue weighted by molar-refractivity contribution is -0.121. The number of amides is 1. The van der Waals surface area contributed by atoms with Crippen molar-refractivity contribution in [2.75, 3.05) is 0 Å². The van der Waals surface area contributed by atoms with Crippen molar-refractivity contribution >= 4 is 5.91 Å². The highest BCUT2D eigenvalue weighted by molar-refractivity contribution is 5.75. The van der Waals surface area contributed by atoms with E-state index in [2.05, 4.69) is 50.4 Å². The Kier molecular flexibility index (Phi) is 5.39. The van der Waals surface area contributed by atoms with Crippen LogP contribution in [0.4, 0.5) is 0 Å².